The minimum Gasteiger partial charge on any atom is -0.463 e. The van der Waals surface area contributed by atoms with Gasteiger partial charge in [-0.2, -0.15) is 0 Å². The van der Waals surface area contributed by atoms with Gasteiger partial charge in [-0.15, -0.1) is 0 Å². The summed E-state index contributed by atoms with van der Waals surface area (Å²) in [4.78, 5) is 15.9. The lowest BCUT2D eigenvalue weighted by Gasteiger charge is -2.15. The van der Waals surface area contributed by atoms with E-state index in [4.69, 9.17) is 9.15 Å². The number of alkyl halides is 2. The molecule has 0 fully saturated rings. The summed E-state index contributed by atoms with van der Waals surface area (Å²) in [7, 11) is 1.25. The maximum Gasteiger partial charge on any atom is 0.376 e. The molecule has 0 aliphatic rings. The van der Waals surface area contributed by atoms with E-state index in [-0.39, 0.29) is 24.7 Å². The molecule has 0 amide bonds. The molecule has 0 radical (unpaired) electrons. The van der Waals surface area contributed by atoms with Crippen LogP contribution in [0.2, 0.25) is 0 Å². The number of carbonyl (C=O) groups excluding carboxylic acids is 1. The summed E-state index contributed by atoms with van der Waals surface area (Å²) in [5, 5.41) is 0. The monoisotopic (exact) mass is 291 g/mol. The molecule has 0 aliphatic carbocycles. The van der Waals surface area contributed by atoms with Crippen LogP contribution in [-0.4, -0.2) is 37.7 Å². The zero-order valence-electron chi connectivity index (χ0n) is 12.0. The van der Waals surface area contributed by atoms with Gasteiger partial charge in [0.1, 0.15) is 6.61 Å². The van der Waals surface area contributed by atoms with Gasteiger partial charge in [-0.1, -0.05) is 20.8 Å². The van der Waals surface area contributed by atoms with Gasteiger partial charge in [-0.05, 0) is 0 Å². The van der Waals surface area contributed by atoms with Gasteiger partial charge in [0.25, 0.3) is 6.43 Å². The van der Waals surface area contributed by atoms with E-state index in [0.29, 0.717) is 5.69 Å². The minimum atomic E-state index is -2.50. The number of esters is 1. The fraction of sp³-hybridized carbons (Fsp3) is 0.692. The highest BCUT2D eigenvalue weighted by Crippen LogP contribution is 2.26. The standard InChI is InChI=1S/C13H19F2NO4/c1-13(2,3)11-10(12(17)18-4)20-9(16-11)5-6-19-7-8(14)15/h8H,5-7H2,1-4H3. The molecule has 0 aliphatic heterocycles. The number of carbonyl (C=O) groups is 1. The van der Waals surface area contributed by atoms with Crippen molar-refractivity contribution in [2.24, 2.45) is 0 Å². The molecule has 1 aromatic heterocycles. The Hall–Kier alpha value is -1.50. The molecule has 7 heteroatoms. The van der Waals surface area contributed by atoms with Crippen LogP contribution < -0.4 is 0 Å². The quantitative estimate of drug-likeness (QED) is 0.595. The molecule has 0 unspecified atom stereocenters. The zero-order chi connectivity index (χ0) is 15.3. The average molecular weight is 291 g/mol. The third-order valence-electron chi connectivity index (χ3n) is 2.46. The molecule has 0 aromatic carbocycles. The first kappa shape index (κ1) is 16.6. The molecule has 1 rings (SSSR count). The van der Waals surface area contributed by atoms with Gasteiger partial charge in [0, 0.05) is 11.8 Å². The lowest BCUT2D eigenvalue weighted by molar-refractivity contribution is 0.0172. The number of methoxy groups -OCH3 is 1. The number of aromatic nitrogens is 1. The van der Waals surface area contributed by atoms with Gasteiger partial charge < -0.3 is 13.9 Å². The Morgan fingerprint density at radius 2 is 2.05 bits per heavy atom. The summed E-state index contributed by atoms with van der Waals surface area (Å²) in [5.74, 6) is -0.296. The average Bonchev–Trinajstić information content (AvgIpc) is 2.77. The van der Waals surface area contributed by atoms with Crippen LogP contribution in [0, 0.1) is 0 Å². The summed E-state index contributed by atoms with van der Waals surface area (Å²) < 4.78 is 38.6. The fourth-order valence-electron chi connectivity index (χ4n) is 1.54. The van der Waals surface area contributed by atoms with Crippen molar-refractivity contribution in [3.05, 3.63) is 17.3 Å². The van der Waals surface area contributed by atoms with E-state index in [1.54, 1.807) is 0 Å². The number of halogens is 2. The highest BCUT2D eigenvalue weighted by atomic mass is 19.3. The second kappa shape index (κ2) is 6.78. The molecule has 0 saturated heterocycles. The molecule has 0 atom stereocenters. The van der Waals surface area contributed by atoms with Crippen LogP contribution in [-0.2, 0) is 21.3 Å². The summed E-state index contributed by atoms with van der Waals surface area (Å²) in [5.41, 5.74) is 0.0861. The number of oxazole rings is 1. The Labute approximate surface area is 116 Å². The zero-order valence-corrected chi connectivity index (χ0v) is 12.0. The molecule has 20 heavy (non-hydrogen) atoms. The number of hydrogen-bond donors (Lipinski definition) is 0. The van der Waals surface area contributed by atoms with Crippen molar-refractivity contribution < 1.29 is 27.5 Å². The number of ether oxygens (including phenoxy) is 2. The second-order valence-electron chi connectivity index (χ2n) is 5.24. The lowest BCUT2D eigenvalue weighted by Crippen LogP contribution is -2.17. The molecule has 0 bridgehead atoms. The molecule has 0 saturated carbocycles. The maximum absolute atomic E-state index is 11.9. The Bertz CT molecular complexity index is 452. The first-order valence-corrected chi connectivity index (χ1v) is 6.20. The Balaban J connectivity index is 2.79. The van der Waals surface area contributed by atoms with Crippen LogP contribution in [0.1, 0.15) is 42.9 Å². The van der Waals surface area contributed by atoms with Crippen molar-refractivity contribution in [2.75, 3.05) is 20.3 Å². The molecule has 5 nitrogen and oxygen atoms in total. The Morgan fingerprint density at radius 1 is 1.40 bits per heavy atom. The predicted octanol–water partition coefficient (Wildman–Crippen LogP) is 2.58. The van der Waals surface area contributed by atoms with Crippen molar-refractivity contribution in [3.63, 3.8) is 0 Å². The third-order valence-corrected chi connectivity index (χ3v) is 2.46. The van der Waals surface area contributed by atoms with Gasteiger partial charge >= 0.3 is 5.97 Å². The van der Waals surface area contributed by atoms with Crippen molar-refractivity contribution in [3.8, 4) is 0 Å². The summed E-state index contributed by atoms with van der Waals surface area (Å²) in [6.45, 7) is 5.07. The van der Waals surface area contributed by atoms with Crippen molar-refractivity contribution >= 4 is 5.97 Å². The molecule has 1 aromatic rings. The smallest absolute Gasteiger partial charge is 0.376 e. The Kier molecular flexibility index (Phi) is 5.62. The highest BCUT2D eigenvalue weighted by Gasteiger charge is 2.29. The molecule has 0 N–H and O–H groups in total. The summed E-state index contributed by atoms with van der Waals surface area (Å²) in [6.07, 6.45) is -2.29. The number of rotatable bonds is 6. The molecular formula is C13H19F2NO4. The summed E-state index contributed by atoms with van der Waals surface area (Å²) in [6, 6.07) is 0. The molecule has 1 heterocycles. The van der Waals surface area contributed by atoms with Crippen LogP contribution in [0.3, 0.4) is 0 Å². The van der Waals surface area contributed by atoms with Gasteiger partial charge in [0.2, 0.25) is 5.76 Å². The maximum atomic E-state index is 11.9. The van der Waals surface area contributed by atoms with Crippen LogP contribution in [0.15, 0.2) is 4.42 Å². The van der Waals surface area contributed by atoms with E-state index >= 15 is 0 Å². The largest absolute Gasteiger partial charge is 0.463 e. The highest BCUT2D eigenvalue weighted by molar-refractivity contribution is 5.87. The van der Waals surface area contributed by atoms with E-state index in [1.807, 2.05) is 20.8 Å². The van der Waals surface area contributed by atoms with Crippen molar-refractivity contribution in [1.29, 1.82) is 0 Å². The van der Waals surface area contributed by atoms with Crippen LogP contribution >= 0.6 is 0 Å². The second-order valence-corrected chi connectivity index (χ2v) is 5.24. The first-order chi connectivity index (χ1) is 9.25. The SMILES string of the molecule is COC(=O)c1oc(CCOCC(F)F)nc1C(C)(C)C. The fourth-order valence-corrected chi connectivity index (χ4v) is 1.54. The molecular weight excluding hydrogens is 272 g/mol. The van der Waals surface area contributed by atoms with E-state index in [2.05, 4.69) is 9.72 Å². The van der Waals surface area contributed by atoms with Gasteiger partial charge in [-0.3, -0.25) is 0 Å². The Morgan fingerprint density at radius 3 is 2.55 bits per heavy atom. The van der Waals surface area contributed by atoms with Crippen LogP contribution in [0.25, 0.3) is 0 Å². The number of nitrogens with zero attached hydrogens (tertiary/aromatic N) is 1. The van der Waals surface area contributed by atoms with Gasteiger partial charge in [0.05, 0.1) is 19.4 Å². The minimum absolute atomic E-state index is 0.0452. The van der Waals surface area contributed by atoms with Crippen molar-refractivity contribution in [2.45, 2.75) is 39.0 Å². The van der Waals surface area contributed by atoms with Gasteiger partial charge in [-0.25, -0.2) is 18.6 Å². The number of hydrogen-bond acceptors (Lipinski definition) is 5. The lowest BCUT2D eigenvalue weighted by atomic mass is 9.91. The van der Waals surface area contributed by atoms with Crippen LogP contribution in [0.5, 0.6) is 0 Å². The summed E-state index contributed by atoms with van der Waals surface area (Å²) >= 11 is 0. The van der Waals surface area contributed by atoms with E-state index < -0.39 is 24.4 Å². The molecule has 114 valence electrons. The van der Waals surface area contributed by atoms with Crippen LogP contribution in [0.4, 0.5) is 8.78 Å². The van der Waals surface area contributed by atoms with E-state index in [1.165, 1.54) is 7.11 Å². The van der Waals surface area contributed by atoms with E-state index in [0.717, 1.165) is 0 Å². The van der Waals surface area contributed by atoms with Crippen molar-refractivity contribution in [1.82, 2.24) is 4.98 Å². The predicted molar refractivity (Wildman–Crippen MR) is 67.1 cm³/mol. The molecule has 0 spiro atoms. The topological polar surface area (TPSA) is 61.6 Å². The first-order valence-electron chi connectivity index (χ1n) is 6.20. The third kappa shape index (κ3) is 4.56. The van der Waals surface area contributed by atoms with E-state index in [9.17, 15) is 13.6 Å². The normalized spacial score (nSPS) is 11.9. The van der Waals surface area contributed by atoms with Gasteiger partial charge in [0.15, 0.2) is 5.89 Å².